The number of aryl methyl sites for hydroxylation is 1. The summed E-state index contributed by atoms with van der Waals surface area (Å²) < 4.78 is 33.5. The summed E-state index contributed by atoms with van der Waals surface area (Å²) in [6, 6.07) is 22.9. The highest BCUT2D eigenvalue weighted by atomic mass is 35.5. The van der Waals surface area contributed by atoms with Gasteiger partial charge >= 0.3 is 0 Å². The Hall–Kier alpha value is -3.24. The van der Waals surface area contributed by atoms with Crippen molar-refractivity contribution in [3.8, 4) is 0 Å². The molecular weight excluding hydrogens is 586 g/mol. The van der Waals surface area contributed by atoms with Crippen LogP contribution in [0.15, 0.2) is 83.8 Å². The summed E-state index contributed by atoms with van der Waals surface area (Å²) in [4.78, 5) is 29.5. The molecule has 1 aliphatic carbocycles. The number of nitrogens with one attached hydrogen (secondary N) is 2. The Morgan fingerprint density at radius 2 is 1.60 bits per heavy atom. The highest BCUT2D eigenvalue weighted by molar-refractivity contribution is 7.89. The van der Waals surface area contributed by atoms with E-state index in [4.69, 9.17) is 16.3 Å². The van der Waals surface area contributed by atoms with Crippen LogP contribution in [-0.4, -0.2) is 56.5 Å². The lowest BCUT2D eigenvalue weighted by atomic mass is 10.0. The molecule has 0 radical (unpaired) electrons. The van der Waals surface area contributed by atoms with E-state index >= 15 is 0 Å². The van der Waals surface area contributed by atoms with E-state index in [2.05, 4.69) is 10.0 Å². The van der Waals surface area contributed by atoms with Gasteiger partial charge in [0, 0.05) is 43.6 Å². The van der Waals surface area contributed by atoms with Crippen molar-refractivity contribution in [1.82, 2.24) is 14.9 Å². The number of sulfonamides is 1. The summed E-state index contributed by atoms with van der Waals surface area (Å²) in [6.07, 6.45) is 4.50. The number of hydrogen-bond donors (Lipinski definition) is 2. The topological polar surface area (TPSA) is 105 Å². The highest BCUT2D eigenvalue weighted by Crippen LogP contribution is 2.23. The maximum absolute atomic E-state index is 13.9. The molecule has 43 heavy (non-hydrogen) atoms. The van der Waals surface area contributed by atoms with Crippen molar-refractivity contribution in [2.24, 2.45) is 0 Å². The van der Waals surface area contributed by atoms with Crippen molar-refractivity contribution in [2.75, 3.05) is 13.2 Å². The highest BCUT2D eigenvalue weighted by Gasteiger charge is 2.31. The number of hydrogen-bond acceptors (Lipinski definition) is 5. The third-order valence-electron chi connectivity index (χ3n) is 7.83. The third kappa shape index (κ3) is 9.13. The molecule has 0 aromatic heterocycles. The van der Waals surface area contributed by atoms with Gasteiger partial charge in [-0.15, -0.1) is 0 Å². The third-order valence-corrected chi connectivity index (χ3v) is 9.61. The first kappa shape index (κ1) is 31.2. The summed E-state index contributed by atoms with van der Waals surface area (Å²) in [6.45, 7) is 1.34. The predicted octanol–water partition coefficient (Wildman–Crippen LogP) is 4.65. The van der Waals surface area contributed by atoms with E-state index in [1.54, 1.807) is 41.3 Å². The van der Waals surface area contributed by atoms with E-state index in [-0.39, 0.29) is 41.8 Å². The SMILES string of the molecule is O=C(NC[C@@H]1CCCO1)[C@H](Cc1ccccc1)N(Cc1ccc(Cl)cc1)C(=O)CCc1ccc(S(=O)(=O)NC2CC2)cc1. The molecule has 1 saturated heterocycles. The van der Waals surface area contributed by atoms with Gasteiger partial charge in [-0.2, -0.15) is 0 Å². The van der Waals surface area contributed by atoms with Gasteiger partial charge in [0.2, 0.25) is 21.8 Å². The average Bonchev–Trinajstić information content (AvgIpc) is 3.66. The van der Waals surface area contributed by atoms with Crippen molar-refractivity contribution in [3.63, 3.8) is 0 Å². The first-order valence-electron chi connectivity index (χ1n) is 14.9. The molecule has 0 unspecified atom stereocenters. The minimum absolute atomic E-state index is 0.0204. The predicted molar refractivity (Wildman–Crippen MR) is 166 cm³/mol. The maximum Gasteiger partial charge on any atom is 0.243 e. The average molecular weight is 624 g/mol. The lowest BCUT2D eigenvalue weighted by molar-refractivity contribution is -0.141. The summed E-state index contributed by atoms with van der Waals surface area (Å²) in [5.41, 5.74) is 2.65. The zero-order valence-electron chi connectivity index (χ0n) is 24.1. The molecule has 10 heteroatoms. The van der Waals surface area contributed by atoms with Gasteiger partial charge in [0.1, 0.15) is 6.04 Å². The Morgan fingerprint density at radius 3 is 2.26 bits per heavy atom. The normalized spacial score (nSPS) is 17.4. The number of amides is 2. The Labute approximate surface area is 258 Å². The van der Waals surface area contributed by atoms with Gasteiger partial charge < -0.3 is 15.0 Å². The van der Waals surface area contributed by atoms with Crippen molar-refractivity contribution in [2.45, 2.75) is 74.6 Å². The van der Waals surface area contributed by atoms with Crippen LogP contribution in [0.5, 0.6) is 0 Å². The number of nitrogens with zero attached hydrogens (tertiary/aromatic N) is 1. The van der Waals surface area contributed by atoms with Crippen molar-refractivity contribution in [1.29, 1.82) is 0 Å². The molecule has 2 amide bonds. The van der Waals surface area contributed by atoms with Gasteiger partial charge in [-0.05, 0) is 73.1 Å². The number of carbonyl (C=O) groups excluding carboxylic acids is 2. The van der Waals surface area contributed by atoms with Crippen LogP contribution in [0.1, 0.15) is 48.8 Å². The molecule has 8 nitrogen and oxygen atoms in total. The van der Waals surface area contributed by atoms with Crippen LogP contribution in [0.25, 0.3) is 0 Å². The lowest BCUT2D eigenvalue weighted by Crippen LogP contribution is -2.51. The number of benzene rings is 3. The Bertz CT molecular complexity index is 1470. The second kappa shape index (κ2) is 14.5. The minimum atomic E-state index is -3.55. The largest absolute Gasteiger partial charge is 0.376 e. The zero-order chi connectivity index (χ0) is 30.2. The fourth-order valence-electron chi connectivity index (χ4n) is 5.20. The van der Waals surface area contributed by atoms with Crippen LogP contribution < -0.4 is 10.0 Å². The van der Waals surface area contributed by atoms with Gasteiger partial charge in [0.15, 0.2) is 0 Å². The summed E-state index contributed by atoms with van der Waals surface area (Å²) >= 11 is 6.12. The molecule has 5 rings (SSSR count). The van der Waals surface area contributed by atoms with E-state index in [1.165, 1.54) is 0 Å². The molecule has 1 heterocycles. The summed E-state index contributed by atoms with van der Waals surface area (Å²) in [5, 5.41) is 3.64. The first-order chi connectivity index (χ1) is 20.8. The number of carbonyl (C=O) groups is 2. The second-order valence-corrected chi connectivity index (χ2v) is 13.4. The van der Waals surface area contributed by atoms with E-state index < -0.39 is 16.1 Å². The molecule has 0 spiro atoms. The van der Waals surface area contributed by atoms with Crippen LogP contribution in [-0.2, 0) is 43.7 Å². The fraction of sp³-hybridized carbons (Fsp3) is 0.394. The standard InChI is InChI=1S/C33H38ClN3O5S/c34-27-13-8-26(9-14-27)23-37(31(21-25-5-2-1-3-6-25)33(39)35-22-29-7-4-20-42-29)32(38)19-12-24-10-17-30(18-11-24)43(40,41)36-28-15-16-28/h1-3,5-6,8-11,13-14,17-18,28-29,31,36H,4,7,12,15-16,19-23H2,(H,35,39)/t29-,31-/m0/s1. The molecule has 1 saturated carbocycles. The fourth-order valence-corrected chi connectivity index (χ4v) is 6.63. The first-order valence-corrected chi connectivity index (χ1v) is 16.7. The van der Waals surface area contributed by atoms with Crippen LogP contribution >= 0.6 is 11.6 Å². The van der Waals surface area contributed by atoms with Gasteiger partial charge in [-0.1, -0.05) is 66.2 Å². The molecular formula is C33H38ClN3O5S. The minimum Gasteiger partial charge on any atom is -0.376 e. The van der Waals surface area contributed by atoms with Gasteiger partial charge in [-0.25, -0.2) is 13.1 Å². The van der Waals surface area contributed by atoms with Crippen LogP contribution in [0.3, 0.4) is 0 Å². The van der Waals surface area contributed by atoms with E-state index in [0.717, 1.165) is 42.4 Å². The van der Waals surface area contributed by atoms with Crippen LogP contribution in [0.2, 0.25) is 5.02 Å². The van der Waals surface area contributed by atoms with Gasteiger partial charge in [0.25, 0.3) is 0 Å². The van der Waals surface area contributed by atoms with Crippen LogP contribution in [0, 0.1) is 0 Å². The second-order valence-electron chi connectivity index (χ2n) is 11.3. The Kier molecular flexibility index (Phi) is 10.5. The van der Waals surface area contributed by atoms with Gasteiger partial charge in [-0.3, -0.25) is 9.59 Å². The molecule has 228 valence electrons. The molecule has 3 aromatic rings. The lowest BCUT2D eigenvalue weighted by Gasteiger charge is -2.32. The smallest absolute Gasteiger partial charge is 0.243 e. The van der Waals surface area contributed by atoms with E-state index in [0.29, 0.717) is 31.0 Å². The Morgan fingerprint density at radius 1 is 0.907 bits per heavy atom. The van der Waals surface area contributed by atoms with Crippen molar-refractivity contribution < 1.29 is 22.7 Å². The molecule has 2 N–H and O–H groups in total. The molecule has 1 aliphatic heterocycles. The molecule has 0 bridgehead atoms. The molecule has 3 aromatic carbocycles. The van der Waals surface area contributed by atoms with Crippen molar-refractivity contribution in [3.05, 3.63) is 101 Å². The van der Waals surface area contributed by atoms with Crippen molar-refractivity contribution >= 4 is 33.4 Å². The quantitative estimate of drug-likeness (QED) is 0.272. The Balaban J connectivity index is 1.34. The molecule has 2 atom stereocenters. The van der Waals surface area contributed by atoms with E-state index in [1.807, 2.05) is 42.5 Å². The van der Waals surface area contributed by atoms with Gasteiger partial charge in [0.05, 0.1) is 11.0 Å². The molecule has 2 aliphatic rings. The monoisotopic (exact) mass is 623 g/mol. The maximum atomic E-state index is 13.9. The summed E-state index contributed by atoms with van der Waals surface area (Å²) in [7, 11) is -3.55. The molecule has 2 fully saturated rings. The number of rotatable bonds is 14. The number of halogens is 1. The number of ether oxygens (including phenoxy) is 1. The van der Waals surface area contributed by atoms with Crippen LogP contribution in [0.4, 0.5) is 0 Å². The zero-order valence-corrected chi connectivity index (χ0v) is 25.7. The van der Waals surface area contributed by atoms with E-state index in [9.17, 15) is 18.0 Å². The summed E-state index contributed by atoms with van der Waals surface area (Å²) in [5.74, 6) is -0.394.